The van der Waals surface area contributed by atoms with Gasteiger partial charge in [0.2, 0.25) is 0 Å². The number of hydrogen-bond acceptors (Lipinski definition) is 2. The molecule has 0 spiro atoms. The van der Waals surface area contributed by atoms with Crippen molar-refractivity contribution < 1.29 is 9.90 Å². The summed E-state index contributed by atoms with van der Waals surface area (Å²) in [7, 11) is 0. The lowest BCUT2D eigenvalue weighted by Crippen LogP contribution is -2.15. The Morgan fingerprint density at radius 2 is 2.45 bits per heavy atom. The quantitative estimate of drug-likeness (QED) is 0.686. The van der Waals surface area contributed by atoms with Gasteiger partial charge in [-0.25, -0.2) is 4.79 Å². The van der Waals surface area contributed by atoms with Crippen LogP contribution in [0.2, 0.25) is 0 Å². The Balaban J connectivity index is 2.84. The standard InChI is InChI=1S/C7H10N2O2/c1-5-3-4-9(8-5)6(2)7(10)11/h3-4,6H,1-2H3,(H,10,11). The summed E-state index contributed by atoms with van der Waals surface area (Å²) in [5, 5.41) is 12.6. The van der Waals surface area contributed by atoms with E-state index in [0.29, 0.717) is 0 Å². The first kappa shape index (κ1) is 7.78. The maximum atomic E-state index is 10.4. The third kappa shape index (κ3) is 1.58. The molecule has 1 unspecified atom stereocenters. The van der Waals surface area contributed by atoms with Crippen LogP contribution in [0.15, 0.2) is 12.3 Å². The molecule has 4 nitrogen and oxygen atoms in total. The van der Waals surface area contributed by atoms with Crippen LogP contribution in [0.4, 0.5) is 0 Å². The van der Waals surface area contributed by atoms with Crippen molar-refractivity contribution in [1.82, 2.24) is 9.78 Å². The molecule has 0 radical (unpaired) electrons. The molecular formula is C7H10N2O2. The van der Waals surface area contributed by atoms with Crippen LogP contribution in [-0.2, 0) is 4.79 Å². The summed E-state index contributed by atoms with van der Waals surface area (Å²) < 4.78 is 1.43. The van der Waals surface area contributed by atoms with Crippen molar-refractivity contribution >= 4 is 5.97 Å². The third-order valence-electron chi connectivity index (χ3n) is 1.50. The minimum Gasteiger partial charge on any atom is -0.480 e. The molecule has 1 aromatic rings. The third-order valence-corrected chi connectivity index (χ3v) is 1.50. The minimum atomic E-state index is -0.867. The van der Waals surface area contributed by atoms with Gasteiger partial charge < -0.3 is 5.11 Å². The van der Waals surface area contributed by atoms with Crippen LogP contribution in [0.1, 0.15) is 18.7 Å². The Bertz CT molecular complexity index is 267. The van der Waals surface area contributed by atoms with E-state index in [4.69, 9.17) is 5.11 Å². The summed E-state index contributed by atoms with van der Waals surface area (Å²) >= 11 is 0. The summed E-state index contributed by atoms with van der Waals surface area (Å²) in [4.78, 5) is 10.4. The zero-order valence-corrected chi connectivity index (χ0v) is 6.48. The molecule has 0 aromatic carbocycles. The average molecular weight is 154 g/mol. The summed E-state index contributed by atoms with van der Waals surface area (Å²) in [5.41, 5.74) is 0.832. The van der Waals surface area contributed by atoms with E-state index in [-0.39, 0.29) is 0 Å². The molecule has 1 N–H and O–H groups in total. The monoisotopic (exact) mass is 154 g/mol. The summed E-state index contributed by atoms with van der Waals surface area (Å²) in [6.07, 6.45) is 1.66. The van der Waals surface area contributed by atoms with Gasteiger partial charge in [0.05, 0.1) is 5.69 Å². The molecule has 0 saturated heterocycles. The highest BCUT2D eigenvalue weighted by Gasteiger charge is 2.12. The first-order valence-corrected chi connectivity index (χ1v) is 3.36. The number of carboxylic acid groups (broad SMARTS) is 1. The van der Waals surface area contributed by atoms with Crippen molar-refractivity contribution in [3.63, 3.8) is 0 Å². The lowest BCUT2D eigenvalue weighted by molar-refractivity contribution is -0.140. The number of carboxylic acids is 1. The lowest BCUT2D eigenvalue weighted by Gasteiger charge is -2.04. The predicted molar refractivity (Wildman–Crippen MR) is 39.3 cm³/mol. The highest BCUT2D eigenvalue weighted by atomic mass is 16.4. The van der Waals surface area contributed by atoms with E-state index in [1.807, 2.05) is 6.92 Å². The van der Waals surface area contributed by atoms with Gasteiger partial charge >= 0.3 is 5.97 Å². The normalized spacial score (nSPS) is 12.9. The second kappa shape index (κ2) is 2.74. The number of rotatable bonds is 2. The molecule has 0 saturated carbocycles. The molecule has 1 aromatic heterocycles. The van der Waals surface area contributed by atoms with Gasteiger partial charge in [-0.3, -0.25) is 4.68 Å². The van der Waals surface area contributed by atoms with Crippen LogP contribution in [0.25, 0.3) is 0 Å². The maximum Gasteiger partial charge on any atom is 0.328 e. The molecule has 0 aliphatic carbocycles. The van der Waals surface area contributed by atoms with E-state index in [9.17, 15) is 4.79 Å². The number of nitrogens with zero attached hydrogens (tertiary/aromatic N) is 2. The molecule has 1 rings (SSSR count). The molecule has 0 aliphatic heterocycles. The average Bonchev–Trinajstić information content (AvgIpc) is 2.34. The Morgan fingerprint density at radius 1 is 1.82 bits per heavy atom. The van der Waals surface area contributed by atoms with E-state index in [1.54, 1.807) is 19.2 Å². The molecular weight excluding hydrogens is 144 g/mol. The Morgan fingerprint density at radius 3 is 2.82 bits per heavy atom. The first-order chi connectivity index (χ1) is 5.11. The number of aryl methyl sites for hydroxylation is 1. The Labute approximate surface area is 64.5 Å². The van der Waals surface area contributed by atoms with E-state index >= 15 is 0 Å². The fraction of sp³-hybridized carbons (Fsp3) is 0.429. The van der Waals surface area contributed by atoms with Crippen LogP contribution in [-0.4, -0.2) is 20.9 Å². The lowest BCUT2D eigenvalue weighted by atomic mass is 10.4. The van der Waals surface area contributed by atoms with Crippen molar-refractivity contribution in [2.45, 2.75) is 19.9 Å². The van der Waals surface area contributed by atoms with Crippen molar-refractivity contribution in [1.29, 1.82) is 0 Å². The van der Waals surface area contributed by atoms with Crippen molar-refractivity contribution in [3.05, 3.63) is 18.0 Å². The maximum absolute atomic E-state index is 10.4. The topological polar surface area (TPSA) is 55.1 Å². The molecule has 0 bridgehead atoms. The zero-order valence-electron chi connectivity index (χ0n) is 6.48. The highest BCUT2D eigenvalue weighted by molar-refractivity contribution is 5.71. The van der Waals surface area contributed by atoms with Gasteiger partial charge in [-0.05, 0) is 19.9 Å². The van der Waals surface area contributed by atoms with Crippen LogP contribution < -0.4 is 0 Å². The van der Waals surface area contributed by atoms with Crippen LogP contribution >= 0.6 is 0 Å². The molecule has 0 aliphatic rings. The smallest absolute Gasteiger partial charge is 0.328 e. The van der Waals surface area contributed by atoms with E-state index in [1.165, 1.54) is 4.68 Å². The van der Waals surface area contributed by atoms with E-state index in [2.05, 4.69) is 5.10 Å². The zero-order chi connectivity index (χ0) is 8.43. The summed E-state index contributed by atoms with van der Waals surface area (Å²) in [6, 6.07) is 1.20. The second-order valence-corrected chi connectivity index (χ2v) is 2.45. The number of aromatic nitrogens is 2. The van der Waals surface area contributed by atoms with Gasteiger partial charge in [0.25, 0.3) is 0 Å². The largest absolute Gasteiger partial charge is 0.480 e. The second-order valence-electron chi connectivity index (χ2n) is 2.45. The van der Waals surface area contributed by atoms with Gasteiger partial charge in [-0.1, -0.05) is 0 Å². The van der Waals surface area contributed by atoms with Crippen molar-refractivity contribution in [3.8, 4) is 0 Å². The van der Waals surface area contributed by atoms with Crippen LogP contribution in [0.5, 0.6) is 0 Å². The molecule has 11 heavy (non-hydrogen) atoms. The van der Waals surface area contributed by atoms with Crippen molar-refractivity contribution in [2.75, 3.05) is 0 Å². The van der Waals surface area contributed by atoms with Gasteiger partial charge in [-0.15, -0.1) is 0 Å². The van der Waals surface area contributed by atoms with Gasteiger partial charge in [0.15, 0.2) is 0 Å². The van der Waals surface area contributed by atoms with Gasteiger partial charge in [0.1, 0.15) is 6.04 Å². The molecule has 1 atom stereocenters. The fourth-order valence-corrected chi connectivity index (χ4v) is 0.762. The first-order valence-electron chi connectivity index (χ1n) is 3.36. The van der Waals surface area contributed by atoms with Crippen molar-refractivity contribution in [2.24, 2.45) is 0 Å². The number of aliphatic carboxylic acids is 1. The predicted octanol–water partition coefficient (Wildman–Crippen LogP) is 0.837. The molecule has 1 heterocycles. The minimum absolute atomic E-state index is 0.580. The SMILES string of the molecule is Cc1ccn(C(C)C(=O)O)n1. The Kier molecular flexibility index (Phi) is 1.94. The van der Waals surface area contributed by atoms with Crippen LogP contribution in [0, 0.1) is 6.92 Å². The summed E-state index contributed by atoms with van der Waals surface area (Å²) in [6.45, 7) is 3.42. The number of carbonyl (C=O) groups is 1. The Hall–Kier alpha value is -1.32. The molecule has 0 fully saturated rings. The highest BCUT2D eigenvalue weighted by Crippen LogP contribution is 2.04. The summed E-state index contributed by atoms with van der Waals surface area (Å²) in [5.74, 6) is -0.867. The van der Waals surface area contributed by atoms with E-state index in [0.717, 1.165) is 5.69 Å². The van der Waals surface area contributed by atoms with E-state index < -0.39 is 12.0 Å². The molecule has 4 heteroatoms. The number of hydrogen-bond donors (Lipinski definition) is 1. The van der Waals surface area contributed by atoms with Gasteiger partial charge in [-0.2, -0.15) is 5.10 Å². The molecule has 0 amide bonds. The van der Waals surface area contributed by atoms with Gasteiger partial charge in [0, 0.05) is 6.20 Å². The molecule has 60 valence electrons. The van der Waals surface area contributed by atoms with Crippen LogP contribution in [0.3, 0.4) is 0 Å². The fourth-order valence-electron chi connectivity index (χ4n) is 0.762.